The Morgan fingerprint density at radius 2 is 1.81 bits per heavy atom. The largest absolute Gasteiger partial charge is 0.318 e. The van der Waals surface area contributed by atoms with E-state index >= 15 is 0 Å². The van der Waals surface area contributed by atoms with Gasteiger partial charge in [0.25, 0.3) is 11.8 Å². The third kappa shape index (κ3) is 4.84. The minimum Gasteiger partial charge on any atom is -0.318 e. The van der Waals surface area contributed by atoms with Gasteiger partial charge in [-0.15, -0.1) is 0 Å². The van der Waals surface area contributed by atoms with Gasteiger partial charge in [0.15, 0.2) is 5.69 Å². The van der Waals surface area contributed by atoms with Gasteiger partial charge in [-0.05, 0) is 29.8 Å². The summed E-state index contributed by atoms with van der Waals surface area (Å²) in [6.45, 7) is 0.368. The fourth-order valence-corrected chi connectivity index (χ4v) is 3.01. The minimum absolute atomic E-state index is 0.142. The quantitative estimate of drug-likeness (QED) is 0.502. The molecule has 8 nitrogen and oxygen atoms in total. The molecule has 2 N–H and O–H groups in total. The second-order valence-electron chi connectivity index (χ2n) is 6.87. The van der Waals surface area contributed by atoms with E-state index in [2.05, 4.69) is 20.8 Å². The summed E-state index contributed by atoms with van der Waals surface area (Å²) >= 11 is 0. The summed E-state index contributed by atoms with van der Waals surface area (Å²) in [5.74, 6) is -0.667. The van der Waals surface area contributed by atoms with Gasteiger partial charge in [-0.3, -0.25) is 19.0 Å². The summed E-state index contributed by atoms with van der Waals surface area (Å²) < 4.78 is 16.3. The highest BCUT2D eigenvalue weighted by Crippen LogP contribution is 2.14. The van der Waals surface area contributed by atoms with Gasteiger partial charge in [-0.25, -0.2) is 4.39 Å². The van der Waals surface area contributed by atoms with Crippen molar-refractivity contribution in [2.75, 3.05) is 10.6 Å². The average molecular weight is 418 g/mol. The predicted molar refractivity (Wildman–Crippen MR) is 113 cm³/mol. The lowest BCUT2D eigenvalue weighted by atomic mass is 10.2. The molecule has 4 aromatic rings. The van der Waals surface area contributed by atoms with Gasteiger partial charge in [-0.1, -0.05) is 30.3 Å². The van der Waals surface area contributed by atoms with E-state index in [1.165, 1.54) is 29.1 Å². The molecule has 0 saturated carbocycles. The van der Waals surface area contributed by atoms with Gasteiger partial charge in [0, 0.05) is 24.9 Å². The van der Waals surface area contributed by atoms with E-state index in [-0.39, 0.29) is 17.4 Å². The molecule has 31 heavy (non-hydrogen) atoms. The van der Waals surface area contributed by atoms with E-state index in [1.54, 1.807) is 54.3 Å². The van der Waals surface area contributed by atoms with Crippen LogP contribution in [0.5, 0.6) is 0 Å². The fourth-order valence-electron chi connectivity index (χ4n) is 3.01. The van der Waals surface area contributed by atoms with E-state index < -0.39 is 5.91 Å². The number of amides is 2. The van der Waals surface area contributed by atoms with Gasteiger partial charge < -0.3 is 10.6 Å². The van der Waals surface area contributed by atoms with Crippen LogP contribution in [0.1, 0.15) is 26.4 Å². The maximum absolute atomic E-state index is 13.3. The number of benzene rings is 2. The summed E-state index contributed by atoms with van der Waals surface area (Å²) in [6, 6.07) is 16.5. The van der Waals surface area contributed by atoms with Crippen LogP contribution < -0.4 is 10.6 Å². The number of hydrogen-bond donors (Lipinski definition) is 2. The first-order valence-corrected chi connectivity index (χ1v) is 9.46. The SMILES string of the molecule is Cn1nc(C(=O)Nc2cnn(Cc3cccc(F)c3)c2)cc1NC(=O)c1ccccc1. The molecule has 0 spiro atoms. The highest BCUT2D eigenvalue weighted by atomic mass is 19.1. The highest BCUT2D eigenvalue weighted by molar-refractivity contribution is 6.06. The number of halogens is 1. The molecule has 0 aliphatic rings. The van der Waals surface area contributed by atoms with Crippen molar-refractivity contribution in [3.8, 4) is 0 Å². The molecule has 9 heteroatoms. The van der Waals surface area contributed by atoms with Crippen molar-refractivity contribution in [2.24, 2.45) is 7.05 Å². The van der Waals surface area contributed by atoms with E-state index in [0.717, 1.165) is 5.56 Å². The zero-order chi connectivity index (χ0) is 21.8. The Bertz CT molecular complexity index is 1230. The Morgan fingerprint density at radius 3 is 2.58 bits per heavy atom. The molecule has 2 amide bonds. The second-order valence-corrected chi connectivity index (χ2v) is 6.87. The molecule has 156 valence electrons. The molecular formula is C22H19FN6O2. The van der Waals surface area contributed by atoms with Crippen LogP contribution in [0.2, 0.25) is 0 Å². The second kappa shape index (κ2) is 8.62. The average Bonchev–Trinajstić information content (AvgIpc) is 3.35. The molecule has 0 bridgehead atoms. The van der Waals surface area contributed by atoms with Crippen molar-refractivity contribution >= 4 is 23.3 Å². The molecule has 0 aliphatic carbocycles. The number of hydrogen-bond acceptors (Lipinski definition) is 4. The van der Waals surface area contributed by atoms with Crippen molar-refractivity contribution in [3.05, 3.63) is 95.7 Å². The number of nitrogens with zero attached hydrogens (tertiary/aromatic N) is 4. The van der Waals surface area contributed by atoms with Crippen molar-refractivity contribution in [3.63, 3.8) is 0 Å². The molecule has 0 atom stereocenters. The van der Waals surface area contributed by atoms with E-state index in [0.29, 0.717) is 23.6 Å². The van der Waals surface area contributed by atoms with Crippen LogP contribution in [-0.4, -0.2) is 31.4 Å². The molecule has 2 aromatic heterocycles. The molecule has 0 unspecified atom stereocenters. The minimum atomic E-state index is -0.443. The maximum atomic E-state index is 13.3. The van der Waals surface area contributed by atoms with Crippen molar-refractivity contribution < 1.29 is 14.0 Å². The molecule has 2 heterocycles. The van der Waals surface area contributed by atoms with Crippen LogP contribution in [0.3, 0.4) is 0 Å². The number of nitrogens with one attached hydrogen (secondary N) is 2. The Hall–Kier alpha value is -4.27. The van der Waals surface area contributed by atoms with E-state index in [4.69, 9.17) is 0 Å². The molecule has 2 aromatic carbocycles. The van der Waals surface area contributed by atoms with E-state index in [9.17, 15) is 14.0 Å². The first kappa shape index (κ1) is 20.0. The fraction of sp³-hybridized carbons (Fsp3) is 0.0909. The number of carbonyl (C=O) groups excluding carboxylic acids is 2. The first-order valence-electron chi connectivity index (χ1n) is 9.46. The monoisotopic (exact) mass is 418 g/mol. The summed E-state index contributed by atoms with van der Waals surface area (Å²) in [6.07, 6.45) is 3.14. The molecular weight excluding hydrogens is 399 g/mol. The lowest BCUT2D eigenvalue weighted by molar-refractivity contribution is 0.101. The smallest absolute Gasteiger partial charge is 0.276 e. The molecule has 0 radical (unpaired) electrons. The Kier molecular flexibility index (Phi) is 5.57. The zero-order valence-corrected chi connectivity index (χ0v) is 16.6. The third-order valence-corrected chi connectivity index (χ3v) is 4.51. The summed E-state index contributed by atoms with van der Waals surface area (Å²) in [7, 11) is 1.63. The number of aromatic nitrogens is 4. The van der Waals surface area contributed by atoms with E-state index in [1.807, 2.05) is 6.07 Å². The van der Waals surface area contributed by atoms with Gasteiger partial charge in [0.1, 0.15) is 11.6 Å². The zero-order valence-electron chi connectivity index (χ0n) is 16.6. The van der Waals surface area contributed by atoms with Crippen molar-refractivity contribution in [2.45, 2.75) is 6.54 Å². The normalized spacial score (nSPS) is 10.6. The lowest BCUT2D eigenvalue weighted by Crippen LogP contribution is -2.14. The first-order chi connectivity index (χ1) is 15.0. The topological polar surface area (TPSA) is 93.8 Å². The molecule has 4 rings (SSSR count). The van der Waals surface area contributed by atoms with Gasteiger partial charge in [-0.2, -0.15) is 10.2 Å². The highest BCUT2D eigenvalue weighted by Gasteiger charge is 2.16. The number of rotatable bonds is 6. The van der Waals surface area contributed by atoms with Crippen LogP contribution >= 0.6 is 0 Å². The van der Waals surface area contributed by atoms with Crippen LogP contribution in [0.15, 0.2) is 73.1 Å². The van der Waals surface area contributed by atoms with Crippen LogP contribution in [0, 0.1) is 5.82 Å². The summed E-state index contributed by atoms with van der Waals surface area (Å²) in [4.78, 5) is 24.9. The number of anilines is 2. The number of aryl methyl sites for hydroxylation is 1. The van der Waals surface area contributed by atoms with Crippen LogP contribution in [0.25, 0.3) is 0 Å². The Labute approximate surface area is 177 Å². The van der Waals surface area contributed by atoms with Gasteiger partial charge in [0.2, 0.25) is 0 Å². The summed E-state index contributed by atoms with van der Waals surface area (Å²) in [5, 5.41) is 13.8. The molecule has 0 fully saturated rings. The molecule has 0 saturated heterocycles. The van der Waals surface area contributed by atoms with Crippen LogP contribution in [-0.2, 0) is 13.6 Å². The van der Waals surface area contributed by atoms with Crippen molar-refractivity contribution in [1.82, 2.24) is 19.6 Å². The lowest BCUT2D eigenvalue weighted by Gasteiger charge is -2.04. The third-order valence-electron chi connectivity index (χ3n) is 4.51. The molecule has 0 aliphatic heterocycles. The number of carbonyl (C=O) groups is 2. The Balaban J connectivity index is 1.41. The standard InChI is InChI=1S/C22H19FN6O2/c1-28-20(26-21(30)16-7-3-2-4-8-16)11-19(27-28)22(31)25-18-12-24-29(14-18)13-15-6-5-9-17(23)10-15/h2-12,14H,13H2,1H3,(H,25,31)(H,26,30). The van der Waals surface area contributed by atoms with Gasteiger partial charge in [0.05, 0.1) is 18.4 Å². The Morgan fingerprint density at radius 1 is 1.00 bits per heavy atom. The van der Waals surface area contributed by atoms with Crippen LogP contribution in [0.4, 0.5) is 15.9 Å². The maximum Gasteiger partial charge on any atom is 0.276 e. The van der Waals surface area contributed by atoms with Gasteiger partial charge >= 0.3 is 0 Å². The predicted octanol–water partition coefficient (Wildman–Crippen LogP) is 3.31. The van der Waals surface area contributed by atoms with Crippen molar-refractivity contribution in [1.29, 1.82) is 0 Å². The summed E-state index contributed by atoms with van der Waals surface area (Å²) in [5.41, 5.74) is 1.87.